The third-order valence-corrected chi connectivity index (χ3v) is 4.41. The van der Waals surface area contributed by atoms with Crippen LogP contribution < -0.4 is 10.3 Å². The Hall–Kier alpha value is -1.73. The molecule has 0 aliphatic rings. The summed E-state index contributed by atoms with van der Waals surface area (Å²) in [5, 5.41) is 7.47. The van der Waals surface area contributed by atoms with Crippen LogP contribution in [-0.2, 0) is 16.6 Å². The molecule has 0 bridgehead atoms. The molecular weight excluding hydrogens is 278 g/mol. The van der Waals surface area contributed by atoms with Crippen LogP contribution in [-0.4, -0.2) is 24.4 Å². The van der Waals surface area contributed by atoms with Gasteiger partial charge < -0.3 is 0 Å². The van der Waals surface area contributed by atoms with Crippen LogP contribution >= 0.6 is 0 Å². The average Bonchev–Trinajstić information content (AvgIpc) is 2.45. The molecule has 20 heavy (non-hydrogen) atoms. The quantitative estimate of drug-likeness (QED) is 0.836. The third-order valence-electron chi connectivity index (χ3n) is 3.00. The smallest absolute Gasteiger partial charge is 0.267 e. The molecular formula is C13H17N3O3S. The Morgan fingerprint density at radius 3 is 2.65 bits per heavy atom. The van der Waals surface area contributed by atoms with Crippen LogP contribution in [0, 0.1) is 0 Å². The van der Waals surface area contributed by atoms with Gasteiger partial charge in [-0.1, -0.05) is 31.5 Å². The summed E-state index contributed by atoms with van der Waals surface area (Å²) in [6.07, 6.45) is 1.44. The second-order valence-electron chi connectivity index (χ2n) is 4.54. The molecule has 7 heteroatoms. The van der Waals surface area contributed by atoms with E-state index in [0.717, 1.165) is 6.42 Å². The van der Waals surface area contributed by atoms with Crippen molar-refractivity contribution >= 4 is 20.8 Å². The van der Waals surface area contributed by atoms with Crippen molar-refractivity contribution in [1.29, 1.82) is 0 Å². The van der Waals surface area contributed by atoms with Gasteiger partial charge in [-0.2, -0.15) is 5.10 Å². The minimum Gasteiger partial charge on any atom is -0.267 e. The van der Waals surface area contributed by atoms with Gasteiger partial charge in [0.2, 0.25) is 10.0 Å². The van der Waals surface area contributed by atoms with E-state index in [9.17, 15) is 13.2 Å². The first-order valence-electron chi connectivity index (χ1n) is 6.47. The molecule has 0 unspecified atom stereocenters. The number of H-pyrrole nitrogens is 1. The van der Waals surface area contributed by atoms with Gasteiger partial charge in [-0.3, -0.25) is 4.79 Å². The number of aromatic nitrogens is 2. The minimum absolute atomic E-state index is 0.0728. The number of unbranched alkanes of at least 4 members (excludes halogenated alkanes) is 1. The first-order valence-corrected chi connectivity index (χ1v) is 8.12. The molecule has 6 nitrogen and oxygen atoms in total. The third kappa shape index (κ3) is 3.43. The number of rotatable bonds is 6. The molecule has 0 saturated carbocycles. The highest BCUT2D eigenvalue weighted by Gasteiger charge is 2.11. The Balaban J connectivity index is 2.23. The van der Waals surface area contributed by atoms with Gasteiger partial charge in [-0.25, -0.2) is 18.2 Å². The number of aromatic amines is 1. The highest BCUT2D eigenvalue weighted by Crippen LogP contribution is 2.12. The molecule has 0 spiro atoms. The topological polar surface area (TPSA) is 91.9 Å². The van der Waals surface area contributed by atoms with E-state index < -0.39 is 10.0 Å². The van der Waals surface area contributed by atoms with Crippen molar-refractivity contribution in [3.8, 4) is 0 Å². The summed E-state index contributed by atoms with van der Waals surface area (Å²) in [6.45, 7) is 2.01. The predicted octanol–water partition coefficient (Wildman–Crippen LogP) is 1.14. The van der Waals surface area contributed by atoms with Gasteiger partial charge in [0, 0.05) is 5.39 Å². The predicted molar refractivity (Wildman–Crippen MR) is 77.9 cm³/mol. The second-order valence-corrected chi connectivity index (χ2v) is 6.46. The molecule has 0 atom stereocenters. The monoisotopic (exact) mass is 295 g/mol. The standard InChI is InChI=1S/C13H17N3O3S/c1-2-3-8-20(18,19)14-9-12-10-6-4-5-7-11(10)13(17)16-15-12/h4-7,14H,2-3,8-9H2,1H3,(H,16,17). The van der Waals surface area contributed by atoms with Crippen molar-refractivity contribution in [1.82, 2.24) is 14.9 Å². The van der Waals surface area contributed by atoms with Crippen LogP contribution in [0.15, 0.2) is 29.1 Å². The van der Waals surface area contributed by atoms with E-state index >= 15 is 0 Å². The molecule has 0 aliphatic heterocycles. The summed E-state index contributed by atoms with van der Waals surface area (Å²) in [4.78, 5) is 11.6. The lowest BCUT2D eigenvalue weighted by molar-refractivity contribution is 0.577. The fraction of sp³-hybridized carbons (Fsp3) is 0.385. The van der Waals surface area contributed by atoms with E-state index in [4.69, 9.17) is 0 Å². The molecule has 1 aromatic heterocycles. The Bertz CT molecular complexity index is 753. The Morgan fingerprint density at radius 1 is 1.25 bits per heavy atom. The zero-order chi connectivity index (χ0) is 14.6. The van der Waals surface area contributed by atoms with Crippen molar-refractivity contribution in [2.45, 2.75) is 26.3 Å². The zero-order valence-corrected chi connectivity index (χ0v) is 12.0. The maximum atomic E-state index is 11.8. The van der Waals surface area contributed by atoms with Gasteiger partial charge in [-0.15, -0.1) is 0 Å². The normalized spacial score (nSPS) is 11.8. The number of nitrogens with one attached hydrogen (secondary N) is 2. The summed E-state index contributed by atoms with van der Waals surface area (Å²) in [5.41, 5.74) is 0.235. The molecule has 0 fully saturated rings. The summed E-state index contributed by atoms with van der Waals surface area (Å²) in [6, 6.07) is 6.99. The van der Waals surface area contributed by atoms with Crippen LogP contribution in [0.2, 0.25) is 0 Å². The molecule has 0 saturated heterocycles. The van der Waals surface area contributed by atoms with Crippen LogP contribution in [0.3, 0.4) is 0 Å². The van der Waals surface area contributed by atoms with Crippen LogP contribution in [0.5, 0.6) is 0 Å². The molecule has 1 aromatic carbocycles. The Morgan fingerprint density at radius 2 is 1.95 bits per heavy atom. The summed E-state index contributed by atoms with van der Waals surface area (Å²) < 4.78 is 26.0. The fourth-order valence-corrected chi connectivity index (χ4v) is 3.06. The molecule has 2 aromatic rings. The van der Waals surface area contributed by atoms with Crippen molar-refractivity contribution in [2.75, 3.05) is 5.75 Å². The van der Waals surface area contributed by atoms with Crippen molar-refractivity contribution < 1.29 is 8.42 Å². The van der Waals surface area contributed by atoms with E-state index in [0.29, 0.717) is 22.9 Å². The number of benzene rings is 1. The van der Waals surface area contributed by atoms with Gasteiger partial charge in [0.05, 0.1) is 23.4 Å². The van der Waals surface area contributed by atoms with Gasteiger partial charge in [0.1, 0.15) is 0 Å². The molecule has 108 valence electrons. The van der Waals surface area contributed by atoms with Gasteiger partial charge in [0.25, 0.3) is 5.56 Å². The van der Waals surface area contributed by atoms with Crippen molar-refractivity contribution in [3.63, 3.8) is 0 Å². The van der Waals surface area contributed by atoms with E-state index in [1.165, 1.54) is 0 Å². The minimum atomic E-state index is -3.30. The fourth-order valence-electron chi connectivity index (χ4n) is 1.89. The Labute approximate surface area is 117 Å². The lowest BCUT2D eigenvalue weighted by Gasteiger charge is -2.07. The van der Waals surface area contributed by atoms with Gasteiger partial charge >= 0.3 is 0 Å². The average molecular weight is 295 g/mol. The van der Waals surface area contributed by atoms with Crippen LogP contribution in [0.25, 0.3) is 10.8 Å². The molecule has 2 N–H and O–H groups in total. The maximum Gasteiger partial charge on any atom is 0.272 e. The zero-order valence-electron chi connectivity index (χ0n) is 11.2. The molecule has 0 radical (unpaired) electrons. The molecule has 0 amide bonds. The highest BCUT2D eigenvalue weighted by molar-refractivity contribution is 7.89. The van der Waals surface area contributed by atoms with Gasteiger partial charge in [-0.05, 0) is 12.5 Å². The summed E-state index contributed by atoms with van der Waals surface area (Å²) >= 11 is 0. The Kier molecular flexibility index (Phi) is 4.51. The SMILES string of the molecule is CCCCS(=O)(=O)NCc1n[nH]c(=O)c2ccccc12. The van der Waals surface area contributed by atoms with E-state index in [1.54, 1.807) is 24.3 Å². The van der Waals surface area contributed by atoms with Crippen molar-refractivity contribution in [2.24, 2.45) is 0 Å². The first kappa shape index (κ1) is 14.7. The largest absolute Gasteiger partial charge is 0.272 e. The summed E-state index contributed by atoms with van der Waals surface area (Å²) in [7, 11) is -3.30. The van der Waals surface area contributed by atoms with E-state index in [2.05, 4.69) is 14.9 Å². The highest BCUT2D eigenvalue weighted by atomic mass is 32.2. The van der Waals surface area contributed by atoms with Crippen LogP contribution in [0.4, 0.5) is 0 Å². The van der Waals surface area contributed by atoms with E-state index in [-0.39, 0.29) is 17.9 Å². The maximum absolute atomic E-state index is 11.8. The number of nitrogens with zero attached hydrogens (tertiary/aromatic N) is 1. The van der Waals surface area contributed by atoms with E-state index in [1.807, 2.05) is 6.92 Å². The second kappa shape index (κ2) is 6.15. The lowest BCUT2D eigenvalue weighted by atomic mass is 10.1. The van der Waals surface area contributed by atoms with Crippen molar-refractivity contribution in [3.05, 3.63) is 40.3 Å². The number of hydrogen-bond donors (Lipinski definition) is 2. The first-order chi connectivity index (χ1) is 9.53. The lowest BCUT2D eigenvalue weighted by Crippen LogP contribution is -2.27. The number of hydrogen-bond acceptors (Lipinski definition) is 4. The molecule has 1 heterocycles. The number of sulfonamides is 1. The summed E-state index contributed by atoms with van der Waals surface area (Å²) in [5.74, 6) is 0.102. The van der Waals surface area contributed by atoms with Gasteiger partial charge in [0.15, 0.2) is 0 Å². The van der Waals surface area contributed by atoms with Crippen LogP contribution in [0.1, 0.15) is 25.5 Å². The molecule has 0 aliphatic carbocycles. The molecule has 2 rings (SSSR count). The number of fused-ring (bicyclic) bond motifs is 1.